The molecule has 86 valence electrons. The lowest BCUT2D eigenvalue weighted by Crippen LogP contribution is -2.19. The maximum absolute atomic E-state index is 9.69. The molecule has 2 aliphatic carbocycles. The van der Waals surface area contributed by atoms with Crippen LogP contribution in [0.5, 0.6) is 0 Å². The van der Waals surface area contributed by atoms with Crippen molar-refractivity contribution in [3.63, 3.8) is 0 Å². The van der Waals surface area contributed by atoms with E-state index in [0.717, 1.165) is 12.3 Å². The first kappa shape index (κ1) is 10.3. The minimum Gasteiger partial charge on any atom is -0.395 e. The van der Waals surface area contributed by atoms with Crippen molar-refractivity contribution in [3.8, 4) is 0 Å². The van der Waals surface area contributed by atoms with E-state index < -0.39 is 0 Å². The van der Waals surface area contributed by atoms with Crippen molar-refractivity contribution in [3.05, 3.63) is 35.4 Å². The largest absolute Gasteiger partial charge is 0.395 e. The highest BCUT2D eigenvalue weighted by Gasteiger charge is 2.61. The van der Waals surface area contributed by atoms with Crippen LogP contribution in [-0.2, 0) is 5.41 Å². The van der Waals surface area contributed by atoms with Crippen LogP contribution in [0, 0.1) is 5.41 Å². The summed E-state index contributed by atoms with van der Waals surface area (Å²) in [7, 11) is 0. The molecule has 2 saturated carbocycles. The van der Waals surface area contributed by atoms with Crippen molar-refractivity contribution in [1.82, 2.24) is 0 Å². The summed E-state index contributed by atoms with van der Waals surface area (Å²) in [6, 6.07) is 8.93. The molecular weight excluding hydrogens is 196 g/mol. The van der Waals surface area contributed by atoms with Crippen LogP contribution in [0.1, 0.15) is 50.2 Å². The molecule has 2 aliphatic rings. The molecule has 1 nitrogen and oxygen atoms in total. The normalized spacial score (nSPS) is 31.4. The van der Waals surface area contributed by atoms with E-state index >= 15 is 0 Å². The number of aliphatic hydroxyl groups excluding tert-OH is 1. The first-order valence-corrected chi connectivity index (χ1v) is 6.30. The van der Waals surface area contributed by atoms with Gasteiger partial charge in [0.1, 0.15) is 0 Å². The average molecular weight is 216 g/mol. The molecule has 0 amide bonds. The third-order valence-electron chi connectivity index (χ3n) is 4.67. The van der Waals surface area contributed by atoms with Crippen LogP contribution in [0.15, 0.2) is 24.3 Å². The molecule has 0 saturated heterocycles. The zero-order valence-electron chi connectivity index (χ0n) is 10.2. The lowest BCUT2D eigenvalue weighted by Gasteiger charge is -2.19. The fourth-order valence-electron chi connectivity index (χ4n) is 3.07. The van der Waals surface area contributed by atoms with Crippen molar-refractivity contribution in [2.45, 2.75) is 44.4 Å². The monoisotopic (exact) mass is 216 g/mol. The Bertz CT molecular complexity index is 417. The van der Waals surface area contributed by atoms with Crippen LogP contribution in [0.25, 0.3) is 0 Å². The van der Waals surface area contributed by atoms with E-state index in [1.165, 1.54) is 24.0 Å². The van der Waals surface area contributed by atoms with Crippen molar-refractivity contribution in [1.29, 1.82) is 0 Å². The first-order valence-electron chi connectivity index (χ1n) is 6.30. The van der Waals surface area contributed by atoms with Gasteiger partial charge in [0.05, 0.1) is 6.61 Å². The number of benzene rings is 1. The fraction of sp³-hybridized carbons (Fsp3) is 0.600. The van der Waals surface area contributed by atoms with E-state index in [0.29, 0.717) is 0 Å². The van der Waals surface area contributed by atoms with Crippen molar-refractivity contribution < 1.29 is 5.11 Å². The smallest absolute Gasteiger partial charge is 0.0533 e. The number of aliphatic hydroxyl groups is 1. The molecule has 2 fully saturated rings. The van der Waals surface area contributed by atoms with E-state index in [1.807, 2.05) is 0 Å². The van der Waals surface area contributed by atoms with Gasteiger partial charge in [-0.05, 0) is 41.7 Å². The molecule has 1 N–H and O–H groups in total. The van der Waals surface area contributed by atoms with Crippen LogP contribution in [0.3, 0.4) is 0 Å². The Morgan fingerprint density at radius 1 is 1.31 bits per heavy atom. The standard InChI is InChI=1S/C15H20O/c1-14(2)9-15(14,10-16)13-5-3-4-12(8-13)11-6-7-11/h3-5,8,11,16H,6-7,9-10H2,1-2H3. The first-order chi connectivity index (χ1) is 7.59. The molecule has 1 aromatic rings. The molecule has 0 heterocycles. The molecule has 1 atom stereocenters. The highest BCUT2D eigenvalue weighted by Crippen LogP contribution is 2.64. The van der Waals surface area contributed by atoms with Gasteiger partial charge >= 0.3 is 0 Å². The van der Waals surface area contributed by atoms with Gasteiger partial charge in [-0.15, -0.1) is 0 Å². The number of hydrogen-bond donors (Lipinski definition) is 1. The summed E-state index contributed by atoms with van der Waals surface area (Å²) in [5.41, 5.74) is 3.14. The second-order valence-electron chi connectivity index (χ2n) is 6.20. The van der Waals surface area contributed by atoms with Gasteiger partial charge in [0.15, 0.2) is 0 Å². The van der Waals surface area contributed by atoms with E-state index in [1.54, 1.807) is 0 Å². The summed E-state index contributed by atoms with van der Waals surface area (Å²) in [5, 5.41) is 9.69. The second-order valence-corrected chi connectivity index (χ2v) is 6.20. The highest BCUT2D eigenvalue weighted by atomic mass is 16.3. The highest BCUT2D eigenvalue weighted by molar-refractivity contribution is 5.41. The van der Waals surface area contributed by atoms with Gasteiger partial charge in [0.2, 0.25) is 0 Å². The van der Waals surface area contributed by atoms with Gasteiger partial charge in [0, 0.05) is 5.41 Å². The maximum atomic E-state index is 9.69. The summed E-state index contributed by atoms with van der Waals surface area (Å²) in [6.07, 6.45) is 3.81. The molecule has 16 heavy (non-hydrogen) atoms. The quantitative estimate of drug-likeness (QED) is 0.822. The van der Waals surface area contributed by atoms with Crippen LogP contribution in [-0.4, -0.2) is 11.7 Å². The van der Waals surface area contributed by atoms with Crippen LogP contribution in [0.2, 0.25) is 0 Å². The summed E-state index contributed by atoms with van der Waals surface area (Å²) in [5.74, 6) is 0.803. The zero-order valence-corrected chi connectivity index (χ0v) is 10.2. The van der Waals surface area contributed by atoms with Crippen molar-refractivity contribution in [2.75, 3.05) is 6.61 Å². The van der Waals surface area contributed by atoms with E-state index in [-0.39, 0.29) is 17.4 Å². The predicted molar refractivity (Wildman–Crippen MR) is 65.6 cm³/mol. The zero-order chi connectivity index (χ0) is 11.4. The lowest BCUT2D eigenvalue weighted by atomic mass is 9.87. The molecular formula is C15H20O. The van der Waals surface area contributed by atoms with E-state index in [2.05, 4.69) is 38.1 Å². The summed E-state index contributed by atoms with van der Waals surface area (Å²) < 4.78 is 0. The second kappa shape index (κ2) is 3.10. The summed E-state index contributed by atoms with van der Waals surface area (Å²) >= 11 is 0. The van der Waals surface area contributed by atoms with Gasteiger partial charge in [-0.3, -0.25) is 0 Å². The lowest BCUT2D eigenvalue weighted by molar-refractivity contribution is 0.231. The molecule has 0 aromatic heterocycles. The van der Waals surface area contributed by atoms with Gasteiger partial charge in [-0.25, -0.2) is 0 Å². The van der Waals surface area contributed by atoms with Crippen molar-refractivity contribution >= 4 is 0 Å². The molecule has 0 bridgehead atoms. The third kappa shape index (κ3) is 1.34. The van der Waals surface area contributed by atoms with E-state index in [9.17, 15) is 5.11 Å². The Kier molecular flexibility index (Phi) is 2.00. The minimum absolute atomic E-state index is 0.0396. The van der Waals surface area contributed by atoms with Gasteiger partial charge in [0.25, 0.3) is 0 Å². The molecule has 1 unspecified atom stereocenters. The van der Waals surface area contributed by atoms with Gasteiger partial charge < -0.3 is 5.11 Å². The molecule has 3 rings (SSSR count). The maximum Gasteiger partial charge on any atom is 0.0533 e. The Labute approximate surface area is 97.5 Å². The third-order valence-corrected chi connectivity index (χ3v) is 4.67. The molecule has 1 aromatic carbocycles. The molecule has 0 spiro atoms. The number of hydrogen-bond acceptors (Lipinski definition) is 1. The molecule has 0 aliphatic heterocycles. The Morgan fingerprint density at radius 3 is 2.50 bits per heavy atom. The van der Waals surface area contributed by atoms with Crippen LogP contribution >= 0.6 is 0 Å². The fourth-order valence-corrected chi connectivity index (χ4v) is 3.07. The van der Waals surface area contributed by atoms with Gasteiger partial charge in [-0.1, -0.05) is 38.1 Å². The molecule has 1 heteroatoms. The summed E-state index contributed by atoms with van der Waals surface area (Å²) in [4.78, 5) is 0. The minimum atomic E-state index is 0.0396. The summed E-state index contributed by atoms with van der Waals surface area (Å²) in [6.45, 7) is 4.80. The predicted octanol–water partition coefficient (Wildman–Crippen LogP) is 3.22. The Morgan fingerprint density at radius 2 is 2.00 bits per heavy atom. The van der Waals surface area contributed by atoms with Crippen LogP contribution in [0.4, 0.5) is 0 Å². The average Bonchev–Trinajstić information content (AvgIpc) is 3.14. The topological polar surface area (TPSA) is 20.2 Å². The van der Waals surface area contributed by atoms with Crippen molar-refractivity contribution in [2.24, 2.45) is 5.41 Å². The SMILES string of the molecule is CC1(C)CC1(CO)c1cccc(C2CC2)c1. The van der Waals surface area contributed by atoms with E-state index in [4.69, 9.17) is 0 Å². The Balaban J connectivity index is 1.97. The van der Waals surface area contributed by atoms with Crippen LogP contribution < -0.4 is 0 Å². The molecule has 0 radical (unpaired) electrons. The Hall–Kier alpha value is -0.820. The number of rotatable bonds is 3. The van der Waals surface area contributed by atoms with Gasteiger partial charge in [-0.2, -0.15) is 0 Å².